The molecule has 0 fully saturated rings. The highest BCUT2D eigenvalue weighted by Gasteiger charge is 2.70. The Hall–Kier alpha value is -2.47. The van der Waals surface area contributed by atoms with Crippen molar-refractivity contribution in [3.63, 3.8) is 0 Å². The zero-order chi connectivity index (χ0) is 21.6. The Bertz CT molecular complexity index is 823. The average Bonchev–Trinajstić information content (AvgIpc) is 2.62. The molecule has 1 unspecified atom stereocenters. The normalized spacial score (nSPS) is 13.9. The van der Waals surface area contributed by atoms with Gasteiger partial charge in [0.05, 0.1) is 0 Å². The minimum absolute atomic E-state index is 0.144. The lowest BCUT2D eigenvalue weighted by Gasteiger charge is -2.29. The molecule has 0 bridgehead atoms. The molecule has 0 aromatic heterocycles. The highest BCUT2D eigenvalue weighted by atomic mass is 32.2. The fourth-order valence-corrected chi connectivity index (χ4v) is 2.34. The predicted octanol–water partition coefficient (Wildman–Crippen LogP) is 2.72. The topological polar surface area (TPSA) is 107 Å². The van der Waals surface area contributed by atoms with E-state index >= 15 is 0 Å². The first-order valence-electron chi connectivity index (χ1n) is 7.65. The van der Waals surface area contributed by atoms with Crippen LogP contribution in [0.3, 0.4) is 0 Å². The zero-order valence-corrected chi connectivity index (χ0v) is 15.2. The van der Waals surface area contributed by atoms with Gasteiger partial charge >= 0.3 is 33.2 Å². The molecule has 0 saturated heterocycles. The van der Waals surface area contributed by atoms with Crippen molar-refractivity contribution in [3.8, 4) is 0 Å². The summed E-state index contributed by atoms with van der Waals surface area (Å²) >= 11 is 0. The Balaban J connectivity index is 2.73. The van der Waals surface area contributed by atoms with Gasteiger partial charge in [-0.15, -0.1) is 0 Å². The summed E-state index contributed by atoms with van der Waals surface area (Å²) in [5.74, 6) is -8.08. The minimum Gasteiger partial charge on any atom is -0.458 e. The smallest absolute Gasteiger partial charge is 0.435 e. The molecule has 0 aliphatic heterocycles. The van der Waals surface area contributed by atoms with Gasteiger partial charge in [0.25, 0.3) is 0 Å². The van der Waals surface area contributed by atoms with Crippen molar-refractivity contribution in [2.75, 3.05) is 0 Å². The average molecular weight is 428 g/mol. The van der Waals surface area contributed by atoms with Crippen molar-refractivity contribution in [2.24, 2.45) is 0 Å². The van der Waals surface area contributed by atoms with E-state index in [4.69, 9.17) is 9.29 Å². The number of carbonyl (C=O) groups excluding carboxylic acids is 2. The van der Waals surface area contributed by atoms with Crippen LogP contribution in [-0.2, 0) is 35.8 Å². The van der Waals surface area contributed by atoms with Crippen molar-refractivity contribution in [3.05, 3.63) is 48.0 Å². The third-order valence-electron chi connectivity index (χ3n) is 3.33. The van der Waals surface area contributed by atoms with Gasteiger partial charge in [-0.3, -0.25) is 4.55 Å². The van der Waals surface area contributed by atoms with Gasteiger partial charge in [0.15, 0.2) is 6.10 Å². The number of benzene rings is 1. The van der Waals surface area contributed by atoms with E-state index in [9.17, 15) is 35.6 Å². The minimum atomic E-state index is -6.48. The maximum absolute atomic E-state index is 13.7. The van der Waals surface area contributed by atoms with Crippen molar-refractivity contribution in [1.82, 2.24) is 0 Å². The molecule has 0 radical (unpaired) electrons. The lowest BCUT2D eigenvalue weighted by molar-refractivity contribution is -0.225. The molecule has 1 aromatic rings. The lowest BCUT2D eigenvalue weighted by Crippen LogP contribution is -2.55. The summed E-state index contributed by atoms with van der Waals surface area (Å²) in [4.78, 5) is 23.0. The second kappa shape index (κ2) is 9.15. The predicted molar refractivity (Wildman–Crippen MR) is 87.0 cm³/mol. The van der Waals surface area contributed by atoms with Crippen molar-refractivity contribution in [2.45, 2.75) is 37.2 Å². The van der Waals surface area contributed by atoms with Crippen LogP contribution in [0.5, 0.6) is 0 Å². The SMILES string of the molecule is CCC(OC(=O)/C=C\C(=O)OCc1ccccc1)C(F)(F)C(F)(F)S(=O)(=O)O. The van der Waals surface area contributed by atoms with E-state index in [-0.39, 0.29) is 6.61 Å². The van der Waals surface area contributed by atoms with Crippen LogP contribution in [0.15, 0.2) is 42.5 Å². The molecular formula is C16H16F4O7S. The number of esters is 2. The van der Waals surface area contributed by atoms with Gasteiger partial charge in [0.2, 0.25) is 0 Å². The standard InChI is InChI=1S/C16H16F4O7S/c1-2-12(15(17,18)16(19,20)28(23,24)25)27-14(22)9-8-13(21)26-10-11-6-4-3-5-7-11/h3-9,12H,2,10H2,1H3,(H,23,24,25)/b9-8-. The second-order valence-corrected chi connectivity index (χ2v) is 6.84. The molecule has 1 atom stereocenters. The summed E-state index contributed by atoms with van der Waals surface area (Å²) in [7, 11) is -6.48. The third kappa shape index (κ3) is 5.76. The quantitative estimate of drug-likeness (QED) is 0.279. The van der Waals surface area contributed by atoms with Gasteiger partial charge in [0.1, 0.15) is 6.61 Å². The molecule has 12 heteroatoms. The van der Waals surface area contributed by atoms with Gasteiger partial charge in [-0.05, 0) is 12.0 Å². The van der Waals surface area contributed by atoms with Crippen LogP contribution in [0, 0.1) is 0 Å². The van der Waals surface area contributed by atoms with Crippen LogP contribution in [0.25, 0.3) is 0 Å². The fourth-order valence-electron chi connectivity index (χ4n) is 1.87. The number of carbonyl (C=O) groups is 2. The number of halogens is 4. The largest absolute Gasteiger partial charge is 0.458 e. The number of alkyl halides is 4. The summed E-state index contributed by atoms with van der Waals surface area (Å²) < 4.78 is 92.3. The molecule has 7 nitrogen and oxygen atoms in total. The first-order chi connectivity index (χ1) is 12.8. The summed E-state index contributed by atoms with van der Waals surface area (Å²) in [6.45, 7) is 0.777. The molecule has 0 heterocycles. The van der Waals surface area contributed by atoms with Crippen LogP contribution >= 0.6 is 0 Å². The van der Waals surface area contributed by atoms with E-state index in [1.165, 1.54) is 0 Å². The monoisotopic (exact) mass is 428 g/mol. The Morgan fingerprint density at radius 3 is 2.14 bits per heavy atom. The molecule has 1 aromatic carbocycles. The van der Waals surface area contributed by atoms with E-state index in [2.05, 4.69) is 4.74 Å². The first kappa shape index (κ1) is 23.6. The molecular weight excluding hydrogens is 412 g/mol. The first-order valence-corrected chi connectivity index (χ1v) is 9.09. The van der Waals surface area contributed by atoms with E-state index < -0.39 is 45.8 Å². The molecule has 0 aliphatic rings. The number of hydrogen-bond donors (Lipinski definition) is 1. The van der Waals surface area contributed by atoms with Gasteiger partial charge in [-0.25, -0.2) is 9.59 Å². The molecule has 156 valence electrons. The Morgan fingerprint density at radius 1 is 1.11 bits per heavy atom. The van der Waals surface area contributed by atoms with E-state index in [0.717, 1.165) is 6.92 Å². The summed E-state index contributed by atoms with van der Waals surface area (Å²) in [5.41, 5.74) is 0.630. The van der Waals surface area contributed by atoms with Crippen LogP contribution in [0.2, 0.25) is 0 Å². The molecule has 1 N–H and O–H groups in total. The molecule has 0 aliphatic carbocycles. The highest BCUT2D eigenvalue weighted by molar-refractivity contribution is 7.87. The maximum Gasteiger partial charge on any atom is 0.435 e. The maximum atomic E-state index is 13.7. The second-order valence-electron chi connectivity index (χ2n) is 5.38. The summed E-state index contributed by atoms with van der Waals surface area (Å²) in [5, 5.41) is -5.89. The van der Waals surface area contributed by atoms with Crippen LogP contribution in [0.1, 0.15) is 18.9 Å². The van der Waals surface area contributed by atoms with Gasteiger partial charge in [-0.1, -0.05) is 37.3 Å². The number of ether oxygens (including phenoxy) is 2. The van der Waals surface area contributed by atoms with Crippen LogP contribution in [-0.4, -0.2) is 42.2 Å². The zero-order valence-electron chi connectivity index (χ0n) is 14.3. The summed E-state index contributed by atoms with van der Waals surface area (Å²) in [6.07, 6.45) is -2.91. The third-order valence-corrected chi connectivity index (χ3v) is 4.25. The van der Waals surface area contributed by atoms with Crippen LogP contribution in [0.4, 0.5) is 17.6 Å². The van der Waals surface area contributed by atoms with E-state index in [1.807, 2.05) is 0 Å². The number of rotatable bonds is 9. The molecule has 0 amide bonds. The van der Waals surface area contributed by atoms with E-state index in [0.29, 0.717) is 17.7 Å². The van der Waals surface area contributed by atoms with Crippen molar-refractivity contribution >= 4 is 22.1 Å². The van der Waals surface area contributed by atoms with Crippen LogP contribution < -0.4 is 0 Å². The van der Waals surface area contributed by atoms with Crippen molar-refractivity contribution in [1.29, 1.82) is 0 Å². The Morgan fingerprint density at radius 2 is 1.64 bits per heavy atom. The summed E-state index contributed by atoms with van der Waals surface area (Å²) in [6, 6.07) is 8.39. The fraction of sp³-hybridized carbons (Fsp3) is 0.375. The molecule has 1 rings (SSSR count). The lowest BCUT2D eigenvalue weighted by atomic mass is 10.1. The molecule has 0 saturated carbocycles. The van der Waals surface area contributed by atoms with Gasteiger partial charge in [0, 0.05) is 12.2 Å². The Kier molecular flexibility index (Phi) is 7.70. The molecule has 28 heavy (non-hydrogen) atoms. The molecule has 0 spiro atoms. The van der Waals surface area contributed by atoms with E-state index in [1.54, 1.807) is 30.3 Å². The van der Waals surface area contributed by atoms with Gasteiger partial charge < -0.3 is 9.47 Å². The van der Waals surface area contributed by atoms with Crippen molar-refractivity contribution < 1.29 is 49.6 Å². The number of hydrogen-bond acceptors (Lipinski definition) is 6. The Labute approximate surface area is 157 Å². The van der Waals surface area contributed by atoms with Gasteiger partial charge in [-0.2, -0.15) is 26.0 Å². The highest BCUT2D eigenvalue weighted by Crippen LogP contribution is 2.42.